The molecule has 0 aromatic heterocycles. The molecule has 0 saturated heterocycles. The van der Waals surface area contributed by atoms with Crippen LogP contribution in [0.5, 0.6) is 0 Å². The fourth-order valence-electron chi connectivity index (χ4n) is 0.0645. The highest BCUT2D eigenvalue weighted by molar-refractivity contribution is 5.70. The van der Waals surface area contributed by atoms with Gasteiger partial charge in [-0.25, -0.2) is 9.59 Å². The van der Waals surface area contributed by atoms with E-state index in [1.54, 1.807) is 0 Å². The van der Waals surface area contributed by atoms with E-state index >= 15 is 0 Å². The first-order chi connectivity index (χ1) is 5.08. The lowest BCUT2D eigenvalue weighted by atomic mass is 10.8. The highest BCUT2D eigenvalue weighted by Crippen LogP contribution is 1.63. The van der Waals surface area contributed by atoms with Crippen molar-refractivity contribution in [3.8, 4) is 0 Å². The van der Waals surface area contributed by atoms with Gasteiger partial charge >= 0.3 is 11.9 Å². The van der Waals surface area contributed by atoms with E-state index in [0.717, 1.165) is 0 Å². The number of hydrogen-bond donors (Lipinski definition) is 3. The first-order valence-corrected chi connectivity index (χ1v) is 2.58. The Labute approximate surface area is 63.0 Å². The van der Waals surface area contributed by atoms with Gasteiger partial charge in [-0.3, -0.25) is 0 Å². The van der Waals surface area contributed by atoms with Gasteiger partial charge < -0.3 is 20.1 Å². The van der Waals surface area contributed by atoms with Gasteiger partial charge in [0.25, 0.3) is 0 Å². The van der Waals surface area contributed by atoms with Crippen molar-refractivity contribution in [2.75, 3.05) is 20.3 Å². The molecule has 0 aliphatic rings. The molecule has 0 atom stereocenters. The van der Waals surface area contributed by atoms with Crippen molar-refractivity contribution in [1.82, 2.24) is 0 Å². The molecule has 0 aliphatic heterocycles. The number of aliphatic hydroxyl groups excluding tert-OH is 2. The zero-order valence-corrected chi connectivity index (χ0v) is 5.98. The summed E-state index contributed by atoms with van der Waals surface area (Å²) < 4.78 is 4.01. The zero-order chi connectivity index (χ0) is 9.28. The minimum atomic E-state index is -1.19. The van der Waals surface area contributed by atoms with Gasteiger partial charge in [0.1, 0.15) is 13.2 Å². The molecular weight excluding hydrogens is 156 g/mol. The summed E-state index contributed by atoms with van der Waals surface area (Å²) in [4.78, 5) is 18.8. The fraction of sp³-hybridized carbons (Fsp3) is 0.600. The van der Waals surface area contributed by atoms with Crippen LogP contribution in [0.2, 0.25) is 0 Å². The van der Waals surface area contributed by atoms with Crippen molar-refractivity contribution in [2.24, 2.45) is 0 Å². The molecule has 0 aliphatic carbocycles. The van der Waals surface area contributed by atoms with Crippen LogP contribution in [0.25, 0.3) is 0 Å². The Morgan fingerprint density at radius 3 is 1.64 bits per heavy atom. The summed E-state index contributed by atoms with van der Waals surface area (Å²) in [7, 11) is 1.22. The molecule has 0 radical (unpaired) electrons. The Bertz CT molecular complexity index is 114. The van der Waals surface area contributed by atoms with Crippen molar-refractivity contribution in [1.29, 1.82) is 0 Å². The minimum Gasteiger partial charge on any atom is -0.480 e. The van der Waals surface area contributed by atoms with Crippen LogP contribution in [-0.4, -0.2) is 47.6 Å². The topological polar surface area (TPSA) is 104 Å². The highest BCUT2D eigenvalue weighted by Gasteiger charge is 1.89. The van der Waals surface area contributed by atoms with Crippen LogP contribution in [0.1, 0.15) is 0 Å². The molecule has 0 amide bonds. The summed E-state index contributed by atoms with van der Waals surface area (Å²) in [6, 6.07) is 0. The summed E-state index contributed by atoms with van der Waals surface area (Å²) in [6.07, 6.45) is 0. The van der Waals surface area contributed by atoms with Crippen LogP contribution in [-0.2, 0) is 14.3 Å². The largest absolute Gasteiger partial charge is 0.480 e. The number of aliphatic carboxylic acids is 1. The second-order valence-electron chi connectivity index (χ2n) is 1.29. The van der Waals surface area contributed by atoms with Gasteiger partial charge in [0, 0.05) is 0 Å². The van der Waals surface area contributed by atoms with E-state index in [0.29, 0.717) is 0 Å². The van der Waals surface area contributed by atoms with Gasteiger partial charge in [-0.1, -0.05) is 0 Å². The molecule has 6 nitrogen and oxygen atoms in total. The van der Waals surface area contributed by atoms with E-state index in [-0.39, 0.29) is 0 Å². The maximum atomic E-state index is 9.71. The second kappa shape index (κ2) is 8.86. The highest BCUT2D eigenvalue weighted by atomic mass is 16.5. The summed E-state index contributed by atoms with van der Waals surface area (Å²) in [5.41, 5.74) is 0. The lowest BCUT2D eigenvalue weighted by Gasteiger charge is -1.86. The van der Waals surface area contributed by atoms with Crippen molar-refractivity contribution < 1.29 is 29.6 Å². The van der Waals surface area contributed by atoms with Gasteiger partial charge in [0.05, 0.1) is 7.11 Å². The Balaban J connectivity index is 0. The summed E-state index contributed by atoms with van der Waals surface area (Å²) in [5, 5.41) is 22.9. The number of carboxylic acids is 1. The number of carbonyl (C=O) groups excluding carboxylic acids is 1. The van der Waals surface area contributed by atoms with Crippen LogP contribution in [0.3, 0.4) is 0 Å². The number of hydrogen-bond acceptors (Lipinski definition) is 5. The molecule has 0 aromatic carbocycles. The Kier molecular flexibility index (Phi) is 10.1. The van der Waals surface area contributed by atoms with Crippen molar-refractivity contribution in [3.05, 3.63) is 0 Å². The van der Waals surface area contributed by atoms with E-state index < -0.39 is 25.2 Å². The lowest BCUT2D eigenvalue weighted by molar-refractivity contribution is -0.143. The number of carbonyl (C=O) groups is 2. The molecular formula is C5H10O6. The molecule has 11 heavy (non-hydrogen) atoms. The SMILES string of the molecule is COC(=O)CO.O=C(O)CO. The molecule has 0 fully saturated rings. The molecule has 66 valence electrons. The summed E-state index contributed by atoms with van der Waals surface area (Å²) in [6.45, 7) is -1.31. The van der Waals surface area contributed by atoms with Gasteiger partial charge in [-0.05, 0) is 0 Å². The van der Waals surface area contributed by atoms with Crippen LogP contribution >= 0.6 is 0 Å². The van der Waals surface area contributed by atoms with E-state index in [4.69, 9.17) is 20.1 Å². The van der Waals surface area contributed by atoms with Gasteiger partial charge in [-0.15, -0.1) is 0 Å². The molecule has 0 heterocycles. The van der Waals surface area contributed by atoms with Gasteiger partial charge in [0.15, 0.2) is 0 Å². The first kappa shape index (κ1) is 12.5. The van der Waals surface area contributed by atoms with Crippen molar-refractivity contribution in [2.45, 2.75) is 0 Å². The third kappa shape index (κ3) is 17.7. The third-order valence-corrected chi connectivity index (χ3v) is 0.492. The predicted molar refractivity (Wildman–Crippen MR) is 33.8 cm³/mol. The molecule has 3 N–H and O–H groups in total. The van der Waals surface area contributed by atoms with E-state index in [1.165, 1.54) is 7.11 Å². The Morgan fingerprint density at radius 2 is 1.64 bits per heavy atom. The van der Waals surface area contributed by atoms with Crippen molar-refractivity contribution >= 4 is 11.9 Å². The van der Waals surface area contributed by atoms with E-state index in [2.05, 4.69) is 4.74 Å². The monoisotopic (exact) mass is 166 g/mol. The van der Waals surface area contributed by atoms with Crippen molar-refractivity contribution in [3.63, 3.8) is 0 Å². The number of esters is 1. The molecule has 0 rings (SSSR count). The second-order valence-corrected chi connectivity index (χ2v) is 1.29. The van der Waals surface area contributed by atoms with Crippen LogP contribution in [0.15, 0.2) is 0 Å². The average molecular weight is 166 g/mol. The zero-order valence-electron chi connectivity index (χ0n) is 5.98. The van der Waals surface area contributed by atoms with Gasteiger partial charge in [0.2, 0.25) is 0 Å². The number of methoxy groups -OCH3 is 1. The predicted octanol–water partition coefficient (Wildman–Crippen LogP) is -1.79. The number of rotatable bonds is 2. The molecule has 0 unspecified atom stereocenters. The number of carboxylic acid groups (broad SMARTS) is 1. The maximum Gasteiger partial charge on any atom is 0.331 e. The summed E-state index contributed by atoms with van der Waals surface area (Å²) >= 11 is 0. The Hall–Kier alpha value is -1.14. The maximum absolute atomic E-state index is 9.71. The van der Waals surface area contributed by atoms with Crippen LogP contribution in [0.4, 0.5) is 0 Å². The third-order valence-electron chi connectivity index (χ3n) is 0.492. The quantitative estimate of drug-likeness (QED) is 0.419. The molecule has 0 aromatic rings. The number of ether oxygens (including phenoxy) is 1. The standard InChI is InChI=1S/C3H6O3.C2H4O3/c1-6-3(5)2-4;3-1-2(4)5/h4H,2H2,1H3;3H,1H2,(H,4,5). The smallest absolute Gasteiger partial charge is 0.331 e. The number of aliphatic hydroxyl groups is 2. The first-order valence-electron chi connectivity index (χ1n) is 2.58. The van der Waals surface area contributed by atoms with E-state index in [1.807, 2.05) is 0 Å². The van der Waals surface area contributed by atoms with Crippen LogP contribution in [0, 0.1) is 0 Å². The lowest BCUT2D eigenvalue weighted by Crippen LogP contribution is -2.04. The van der Waals surface area contributed by atoms with Crippen LogP contribution < -0.4 is 0 Å². The average Bonchev–Trinajstić information content (AvgIpc) is 2.04. The van der Waals surface area contributed by atoms with Gasteiger partial charge in [-0.2, -0.15) is 0 Å². The minimum absolute atomic E-state index is 0.531. The molecule has 0 spiro atoms. The molecule has 6 heteroatoms. The fourth-order valence-corrected chi connectivity index (χ4v) is 0.0645. The molecule has 0 saturated carbocycles. The van der Waals surface area contributed by atoms with E-state index in [9.17, 15) is 4.79 Å². The Morgan fingerprint density at radius 1 is 1.27 bits per heavy atom. The normalized spacial score (nSPS) is 7.55. The molecule has 0 bridgehead atoms. The summed E-state index contributed by atoms with van der Waals surface area (Å²) in [5.74, 6) is -1.79.